The summed E-state index contributed by atoms with van der Waals surface area (Å²) in [5, 5.41) is 5.21. The summed E-state index contributed by atoms with van der Waals surface area (Å²) in [6.45, 7) is 2.17. The highest BCUT2D eigenvalue weighted by Gasteiger charge is 2.35. The topological polar surface area (TPSA) is 38.3 Å². The normalized spacial score (nSPS) is 17.1. The summed E-state index contributed by atoms with van der Waals surface area (Å²) in [6, 6.07) is 11.7. The van der Waals surface area contributed by atoms with E-state index in [0.717, 1.165) is 30.5 Å². The molecule has 0 aliphatic carbocycles. The van der Waals surface area contributed by atoms with Crippen molar-refractivity contribution in [2.45, 2.75) is 18.3 Å². The second-order valence-electron chi connectivity index (χ2n) is 5.56. The fourth-order valence-electron chi connectivity index (χ4n) is 2.81. The van der Waals surface area contributed by atoms with Crippen LogP contribution < -0.4 is 5.32 Å². The molecule has 2 aromatic rings. The molecular formula is C17H18BrNO2S. The van der Waals surface area contributed by atoms with Crippen LogP contribution in [0.2, 0.25) is 0 Å². The van der Waals surface area contributed by atoms with E-state index in [1.807, 2.05) is 24.3 Å². The molecule has 1 N–H and O–H groups in total. The molecule has 2 heterocycles. The molecule has 5 heteroatoms. The van der Waals surface area contributed by atoms with Crippen LogP contribution in [0, 0.1) is 0 Å². The van der Waals surface area contributed by atoms with Gasteiger partial charge in [-0.25, -0.2) is 0 Å². The van der Waals surface area contributed by atoms with Crippen molar-refractivity contribution >= 4 is 33.2 Å². The van der Waals surface area contributed by atoms with Gasteiger partial charge in [-0.15, -0.1) is 11.3 Å². The fourth-order valence-corrected chi connectivity index (χ4v) is 4.06. The molecule has 0 saturated carbocycles. The first-order chi connectivity index (χ1) is 10.7. The van der Waals surface area contributed by atoms with Crippen LogP contribution in [0.1, 0.15) is 28.1 Å². The summed E-state index contributed by atoms with van der Waals surface area (Å²) in [4.78, 5) is 13.7. The summed E-state index contributed by atoms with van der Waals surface area (Å²) in [7, 11) is 0. The van der Waals surface area contributed by atoms with E-state index in [9.17, 15) is 4.79 Å². The minimum atomic E-state index is -0.0186. The summed E-state index contributed by atoms with van der Waals surface area (Å²) in [6.07, 6.45) is 1.91. The molecule has 1 amide bonds. The SMILES string of the molecule is O=C(NCC1(c2cccs2)CCOCC1)c1ccc(Br)cc1. The van der Waals surface area contributed by atoms with Crippen molar-refractivity contribution in [3.05, 3.63) is 56.7 Å². The summed E-state index contributed by atoms with van der Waals surface area (Å²) >= 11 is 5.15. The quantitative estimate of drug-likeness (QED) is 0.871. The Morgan fingerprint density at radius 3 is 2.59 bits per heavy atom. The highest BCUT2D eigenvalue weighted by molar-refractivity contribution is 9.10. The molecule has 3 rings (SSSR count). The number of carbonyl (C=O) groups is 1. The number of carbonyl (C=O) groups excluding carboxylic acids is 1. The predicted octanol–water partition coefficient (Wildman–Crippen LogP) is 3.99. The van der Waals surface area contributed by atoms with Crippen LogP contribution in [0.4, 0.5) is 0 Å². The Morgan fingerprint density at radius 1 is 1.23 bits per heavy atom. The minimum absolute atomic E-state index is 0.0113. The van der Waals surface area contributed by atoms with Gasteiger partial charge in [0.25, 0.3) is 5.91 Å². The van der Waals surface area contributed by atoms with Gasteiger partial charge in [0.15, 0.2) is 0 Å². The van der Waals surface area contributed by atoms with Crippen LogP contribution in [0.3, 0.4) is 0 Å². The standard InChI is InChI=1S/C17H18BrNO2S/c18-14-5-3-13(4-6-14)16(20)19-12-17(7-9-21-10-8-17)15-2-1-11-22-15/h1-6,11H,7-10,12H2,(H,19,20). The van der Waals surface area contributed by atoms with E-state index in [1.165, 1.54) is 4.88 Å². The molecule has 116 valence electrons. The van der Waals surface area contributed by atoms with Gasteiger partial charge in [-0.2, -0.15) is 0 Å². The van der Waals surface area contributed by atoms with Crippen LogP contribution in [-0.2, 0) is 10.2 Å². The Bertz CT molecular complexity index is 619. The Kier molecular flexibility index (Phi) is 4.96. The number of hydrogen-bond acceptors (Lipinski definition) is 3. The van der Waals surface area contributed by atoms with Gasteiger partial charge < -0.3 is 10.1 Å². The van der Waals surface area contributed by atoms with Crippen LogP contribution in [-0.4, -0.2) is 25.7 Å². The lowest BCUT2D eigenvalue weighted by molar-refractivity contribution is 0.0499. The molecule has 0 radical (unpaired) electrons. The maximum atomic E-state index is 12.4. The van der Waals surface area contributed by atoms with Gasteiger partial charge in [0.05, 0.1) is 0 Å². The smallest absolute Gasteiger partial charge is 0.251 e. The van der Waals surface area contributed by atoms with Gasteiger partial charge in [0.1, 0.15) is 0 Å². The molecule has 0 unspecified atom stereocenters. The summed E-state index contributed by atoms with van der Waals surface area (Å²) in [5.74, 6) is -0.0186. The van der Waals surface area contributed by atoms with E-state index in [-0.39, 0.29) is 11.3 Å². The molecule has 1 aliphatic rings. The maximum Gasteiger partial charge on any atom is 0.251 e. The van der Waals surface area contributed by atoms with Crippen molar-refractivity contribution in [1.82, 2.24) is 5.32 Å². The lowest BCUT2D eigenvalue weighted by Crippen LogP contribution is -2.44. The van der Waals surface area contributed by atoms with E-state index in [0.29, 0.717) is 12.1 Å². The van der Waals surface area contributed by atoms with Gasteiger partial charge in [-0.3, -0.25) is 4.79 Å². The predicted molar refractivity (Wildman–Crippen MR) is 92.5 cm³/mol. The van der Waals surface area contributed by atoms with Gasteiger partial charge in [-0.05, 0) is 48.6 Å². The van der Waals surface area contributed by atoms with E-state index in [2.05, 4.69) is 38.8 Å². The van der Waals surface area contributed by atoms with E-state index >= 15 is 0 Å². The number of nitrogens with one attached hydrogen (secondary N) is 1. The third kappa shape index (κ3) is 3.42. The molecule has 1 aliphatic heterocycles. The number of hydrogen-bond donors (Lipinski definition) is 1. The molecule has 1 aromatic carbocycles. The first kappa shape index (κ1) is 15.7. The largest absolute Gasteiger partial charge is 0.381 e. The van der Waals surface area contributed by atoms with Gasteiger partial charge in [0, 0.05) is 40.1 Å². The molecule has 3 nitrogen and oxygen atoms in total. The van der Waals surface area contributed by atoms with E-state index in [1.54, 1.807) is 11.3 Å². The number of ether oxygens (including phenoxy) is 1. The van der Waals surface area contributed by atoms with Crippen LogP contribution in [0.15, 0.2) is 46.3 Å². The Balaban J connectivity index is 1.72. The van der Waals surface area contributed by atoms with Crippen molar-refractivity contribution in [3.8, 4) is 0 Å². The Morgan fingerprint density at radius 2 is 1.95 bits per heavy atom. The fraction of sp³-hybridized carbons (Fsp3) is 0.353. The molecule has 0 spiro atoms. The number of thiophene rings is 1. The van der Waals surface area contributed by atoms with Crippen LogP contribution in [0.25, 0.3) is 0 Å². The molecular weight excluding hydrogens is 362 g/mol. The average Bonchev–Trinajstić information content (AvgIpc) is 3.09. The summed E-state index contributed by atoms with van der Waals surface area (Å²) < 4.78 is 6.49. The van der Waals surface area contributed by atoms with Crippen molar-refractivity contribution < 1.29 is 9.53 Å². The summed E-state index contributed by atoms with van der Waals surface area (Å²) in [5.41, 5.74) is 0.703. The van der Waals surface area contributed by atoms with Crippen molar-refractivity contribution in [1.29, 1.82) is 0 Å². The van der Waals surface area contributed by atoms with E-state index in [4.69, 9.17) is 4.74 Å². The number of amides is 1. The third-order valence-electron chi connectivity index (χ3n) is 4.19. The Hall–Kier alpha value is -1.17. The monoisotopic (exact) mass is 379 g/mol. The van der Waals surface area contributed by atoms with Crippen molar-refractivity contribution in [2.75, 3.05) is 19.8 Å². The van der Waals surface area contributed by atoms with E-state index < -0.39 is 0 Å². The third-order valence-corrected chi connectivity index (χ3v) is 5.83. The zero-order chi connectivity index (χ0) is 15.4. The molecule has 1 saturated heterocycles. The van der Waals surface area contributed by atoms with Gasteiger partial charge in [0.2, 0.25) is 0 Å². The number of benzene rings is 1. The molecule has 0 atom stereocenters. The maximum absolute atomic E-state index is 12.4. The minimum Gasteiger partial charge on any atom is -0.381 e. The molecule has 22 heavy (non-hydrogen) atoms. The van der Waals surface area contributed by atoms with Gasteiger partial charge in [-0.1, -0.05) is 22.0 Å². The highest BCUT2D eigenvalue weighted by atomic mass is 79.9. The first-order valence-corrected chi connectivity index (χ1v) is 9.02. The van der Waals surface area contributed by atoms with Crippen molar-refractivity contribution in [2.24, 2.45) is 0 Å². The number of halogens is 1. The first-order valence-electron chi connectivity index (χ1n) is 7.35. The van der Waals surface area contributed by atoms with Crippen LogP contribution in [0.5, 0.6) is 0 Å². The molecule has 0 bridgehead atoms. The van der Waals surface area contributed by atoms with Crippen molar-refractivity contribution in [3.63, 3.8) is 0 Å². The zero-order valence-electron chi connectivity index (χ0n) is 12.2. The lowest BCUT2D eigenvalue weighted by atomic mass is 9.78. The van der Waals surface area contributed by atoms with Gasteiger partial charge >= 0.3 is 0 Å². The average molecular weight is 380 g/mol. The zero-order valence-corrected chi connectivity index (χ0v) is 14.6. The highest BCUT2D eigenvalue weighted by Crippen LogP contribution is 2.37. The molecule has 1 fully saturated rings. The second-order valence-corrected chi connectivity index (χ2v) is 7.42. The Labute approximate surface area is 142 Å². The van der Waals surface area contributed by atoms with Crippen LogP contribution >= 0.6 is 27.3 Å². The second kappa shape index (κ2) is 6.94. The number of rotatable bonds is 4. The lowest BCUT2D eigenvalue weighted by Gasteiger charge is -2.36. The molecule has 1 aromatic heterocycles.